The van der Waals surface area contributed by atoms with E-state index in [9.17, 15) is 9.59 Å². The molecule has 5 heteroatoms. The maximum Gasteiger partial charge on any atom is 0.237 e. The molecule has 2 N–H and O–H groups in total. The van der Waals surface area contributed by atoms with Gasteiger partial charge in [0.25, 0.3) is 0 Å². The first-order valence-corrected chi connectivity index (χ1v) is 6.28. The van der Waals surface area contributed by atoms with Gasteiger partial charge in [0.2, 0.25) is 11.8 Å². The number of nitrogens with one attached hydrogen (secondary N) is 2. The molecule has 0 fully saturated rings. The molecular weight excluding hydrogens is 248 g/mol. The van der Waals surface area contributed by atoms with Crippen molar-refractivity contribution in [3.8, 4) is 0 Å². The summed E-state index contributed by atoms with van der Waals surface area (Å²) in [5, 5.41) is 5.08. The topological polar surface area (TPSA) is 58.2 Å². The molecule has 0 aliphatic heterocycles. The molecule has 4 nitrogen and oxygen atoms in total. The van der Waals surface area contributed by atoms with Gasteiger partial charge in [-0.2, -0.15) is 12.6 Å². The van der Waals surface area contributed by atoms with Gasteiger partial charge < -0.3 is 10.6 Å². The van der Waals surface area contributed by atoms with Crippen molar-refractivity contribution in [1.82, 2.24) is 0 Å². The summed E-state index contributed by atoms with van der Waals surface area (Å²) in [4.78, 5) is 22.7. The summed E-state index contributed by atoms with van der Waals surface area (Å²) in [6.45, 7) is 5.31. The van der Waals surface area contributed by atoms with Crippen molar-refractivity contribution >= 4 is 35.8 Å². The van der Waals surface area contributed by atoms with E-state index < -0.39 is 0 Å². The van der Waals surface area contributed by atoms with Gasteiger partial charge in [-0.15, -0.1) is 0 Å². The summed E-state index contributed by atoms with van der Waals surface area (Å²) in [5.74, 6) is -0.132. The Kier molecular flexibility index (Phi) is 5.22. The summed E-state index contributed by atoms with van der Waals surface area (Å²) < 4.78 is 0. The maximum atomic E-state index is 11.8. The molecule has 0 saturated heterocycles. The van der Waals surface area contributed by atoms with Crippen molar-refractivity contribution in [1.29, 1.82) is 0 Å². The summed E-state index contributed by atoms with van der Waals surface area (Å²) in [5.41, 5.74) is 1.30. The van der Waals surface area contributed by atoms with E-state index in [1.165, 1.54) is 6.92 Å². The Hall–Kier alpha value is -1.49. The fraction of sp³-hybridized carbons (Fsp3) is 0.385. The fourth-order valence-electron chi connectivity index (χ4n) is 1.40. The maximum absolute atomic E-state index is 11.8. The Bertz CT molecular complexity index is 446. The lowest BCUT2D eigenvalue weighted by Gasteiger charge is -2.15. The molecule has 1 atom stereocenters. The summed E-state index contributed by atoms with van der Waals surface area (Å²) >= 11 is 4.25. The van der Waals surface area contributed by atoms with E-state index in [1.54, 1.807) is 24.3 Å². The predicted molar refractivity (Wildman–Crippen MR) is 77.0 cm³/mol. The standard InChI is InChI=1S/C13H18N2O2S/c1-8(2)12(18)13(17)15-11-6-4-5-10(7-11)14-9(3)16/h4-8,12,18H,1-3H3,(H,14,16)(H,15,17). The number of carbonyl (C=O) groups excluding carboxylic acids is 2. The van der Waals surface area contributed by atoms with Crippen LogP contribution in [0, 0.1) is 5.92 Å². The number of thiol groups is 1. The highest BCUT2D eigenvalue weighted by molar-refractivity contribution is 7.81. The van der Waals surface area contributed by atoms with Crippen LogP contribution >= 0.6 is 12.6 Å². The van der Waals surface area contributed by atoms with Gasteiger partial charge >= 0.3 is 0 Å². The highest BCUT2D eigenvalue weighted by Gasteiger charge is 2.17. The van der Waals surface area contributed by atoms with Crippen LogP contribution < -0.4 is 10.6 Å². The molecule has 0 saturated carbocycles. The van der Waals surface area contributed by atoms with E-state index in [0.717, 1.165) is 0 Å². The first kappa shape index (κ1) is 14.6. The minimum absolute atomic E-state index is 0.145. The normalized spacial score (nSPS) is 12.1. The molecule has 1 aromatic carbocycles. The average Bonchev–Trinajstić information content (AvgIpc) is 2.27. The highest BCUT2D eigenvalue weighted by atomic mass is 32.1. The van der Waals surface area contributed by atoms with Crippen LogP contribution in [0.25, 0.3) is 0 Å². The van der Waals surface area contributed by atoms with Crippen LogP contribution in [0.4, 0.5) is 11.4 Å². The molecule has 0 spiro atoms. The van der Waals surface area contributed by atoms with Crippen molar-refractivity contribution in [2.45, 2.75) is 26.0 Å². The van der Waals surface area contributed by atoms with Gasteiger partial charge in [-0.05, 0) is 24.1 Å². The molecule has 0 radical (unpaired) electrons. The van der Waals surface area contributed by atoms with Crippen LogP contribution in [0.5, 0.6) is 0 Å². The van der Waals surface area contributed by atoms with Crippen molar-refractivity contribution in [2.75, 3.05) is 10.6 Å². The first-order chi connectivity index (χ1) is 8.40. The minimum Gasteiger partial charge on any atom is -0.326 e. The van der Waals surface area contributed by atoms with Gasteiger partial charge in [-0.25, -0.2) is 0 Å². The smallest absolute Gasteiger partial charge is 0.237 e. The molecule has 0 heterocycles. The van der Waals surface area contributed by atoms with Crippen molar-refractivity contribution in [2.24, 2.45) is 5.92 Å². The predicted octanol–water partition coefficient (Wildman–Crippen LogP) is 2.54. The van der Waals surface area contributed by atoms with E-state index >= 15 is 0 Å². The number of benzene rings is 1. The Morgan fingerprint density at radius 3 is 2.22 bits per heavy atom. The fourth-order valence-corrected chi connectivity index (χ4v) is 1.46. The second-order valence-corrected chi connectivity index (χ2v) is 5.00. The Morgan fingerprint density at radius 2 is 1.72 bits per heavy atom. The monoisotopic (exact) mass is 266 g/mol. The Labute approximate surface area is 113 Å². The molecule has 1 rings (SSSR count). The molecule has 1 unspecified atom stereocenters. The zero-order chi connectivity index (χ0) is 13.7. The highest BCUT2D eigenvalue weighted by Crippen LogP contribution is 2.17. The molecule has 1 aromatic rings. The lowest BCUT2D eigenvalue weighted by atomic mass is 10.1. The third-order valence-corrected chi connectivity index (χ3v) is 3.18. The van der Waals surface area contributed by atoms with Crippen molar-refractivity contribution in [3.05, 3.63) is 24.3 Å². The van der Waals surface area contributed by atoms with Gasteiger partial charge in [0.15, 0.2) is 0 Å². The number of amides is 2. The molecule has 2 amide bonds. The summed E-state index contributed by atoms with van der Waals surface area (Å²) in [6, 6.07) is 7.01. The average molecular weight is 266 g/mol. The molecule has 18 heavy (non-hydrogen) atoms. The van der Waals surface area contributed by atoms with E-state index in [4.69, 9.17) is 0 Å². The molecule has 0 aromatic heterocycles. The number of anilines is 2. The zero-order valence-corrected chi connectivity index (χ0v) is 11.6. The van der Waals surface area contributed by atoms with Crippen molar-refractivity contribution in [3.63, 3.8) is 0 Å². The van der Waals surface area contributed by atoms with Gasteiger partial charge in [0, 0.05) is 18.3 Å². The van der Waals surface area contributed by atoms with Crippen LogP contribution in [-0.2, 0) is 9.59 Å². The van der Waals surface area contributed by atoms with Crippen molar-refractivity contribution < 1.29 is 9.59 Å². The number of rotatable bonds is 4. The molecule has 0 aliphatic carbocycles. The van der Waals surface area contributed by atoms with E-state index in [2.05, 4.69) is 23.3 Å². The quantitative estimate of drug-likeness (QED) is 0.733. The lowest BCUT2D eigenvalue weighted by Crippen LogP contribution is -2.27. The Balaban J connectivity index is 2.73. The molecule has 98 valence electrons. The van der Waals surface area contributed by atoms with Crippen LogP contribution in [0.15, 0.2) is 24.3 Å². The molecular formula is C13H18N2O2S. The van der Waals surface area contributed by atoms with Crippen LogP contribution in [0.2, 0.25) is 0 Å². The van der Waals surface area contributed by atoms with Gasteiger partial charge in [0.05, 0.1) is 5.25 Å². The minimum atomic E-state index is -0.352. The van der Waals surface area contributed by atoms with Crippen LogP contribution in [0.3, 0.4) is 0 Å². The van der Waals surface area contributed by atoms with Gasteiger partial charge in [-0.1, -0.05) is 19.9 Å². The SMILES string of the molecule is CC(=O)Nc1cccc(NC(=O)C(S)C(C)C)c1. The van der Waals surface area contributed by atoms with E-state index in [1.807, 2.05) is 13.8 Å². The number of hydrogen-bond donors (Lipinski definition) is 3. The van der Waals surface area contributed by atoms with Gasteiger partial charge in [-0.3, -0.25) is 9.59 Å². The van der Waals surface area contributed by atoms with Crippen LogP contribution in [-0.4, -0.2) is 17.1 Å². The van der Waals surface area contributed by atoms with E-state index in [-0.39, 0.29) is 23.0 Å². The molecule has 0 aliphatic rings. The summed E-state index contributed by atoms with van der Waals surface area (Å²) in [6.07, 6.45) is 0. The van der Waals surface area contributed by atoms with Gasteiger partial charge in [0.1, 0.15) is 0 Å². The number of hydrogen-bond acceptors (Lipinski definition) is 3. The second kappa shape index (κ2) is 6.44. The largest absolute Gasteiger partial charge is 0.326 e. The summed E-state index contributed by atoms with van der Waals surface area (Å²) in [7, 11) is 0. The lowest BCUT2D eigenvalue weighted by molar-refractivity contribution is -0.116. The molecule has 0 bridgehead atoms. The first-order valence-electron chi connectivity index (χ1n) is 5.76. The Morgan fingerprint density at radius 1 is 1.17 bits per heavy atom. The second-order valence-electron chi connectivity index (χ2n) is 4.44. The zero-order valence-electron chi connectivity index (χ0n) is 10.7. The van der Waals surface area contributed by atoms with Crippen LogP contribution in [0.1, 0.15) is 20.8 Å². The van der Waals surface area contributed by atoms with E-state index in [0.29, 0.717) is 11.4 Å². The third-order valence-electron chi connectivity index (χ3n) is 2.35. The third kappa shape index (κ3) is 4.41. The number of carbonyl (C=O) groups is 2.